The molecule has 0 heterocycles. The summed E-state index contributed by atoms with van der Waals surface area (Å²) in [6, 6.07) is 5.98. The number of nitrogens with one attached hydrogen (secondary N) is 1. The molecule has 0 bridgehead atoms. The molecule has 4 heteroatoms. The summed E-state index contributed by atoms with van der Waals surface area (Å²) < 4.78 is 13.6. The van der Waals surface area contributed by atoms with Crippen LogP contribution in [0.5, 0.6) is 0 Å². The third-order valence-corrected chi connectivity index (χ3v) is 3.46. The Morgan fingerprint density at radius 3 is 2.85 bits per heavy atom. The van der Waals surface area contributed by atoms with E-state index in [0.29, 0.717) is 6.42 Å². The van der Waals surface area contributed by atoms with Gasteiger partial charge in [0.1, 0.15) is 5.82 Å². The summed E-state index contributed by atoms with van der Waals surface area (Å²) in [5, 5.41) is 13.0. The number of carbonyl (C=O) groups is 1. The Morgan fingerprint density at radius 2 is 2.25 bits per heavy atom. The van der Waals surface area contributed by atoms with Crippen LogP contribution in [0.2, 0.25) is 0 Å². The van der Waals surface area contributed by atoms with Crippen molar-refractivity contribution in [3.05, 3.63) is 54.4 Å². The van der Waals surface area contributed by atoms with E-state index in [1.807, 2.05) is 6.08 Å². The summed E-state index contributed by atoms with van der Waals surface area (Å²) in [7, 11) is 0. The molecule has 2 rings (SSSR count). The lowest BCUT2D eigenvalue weighted by molar-refractivity contribution is -0.123. The Morgan fingerprint density at radius 1 is 1.50 bits per heavy atom. The minimum Gasteiger partial charge on any atom is -0.385 e. The number of hydrogen-bond acceptors (Lipinski definition) is 2. The zero-order valence-electron chi connectivity index (χ0n) is 11.3. The van der Waals surface area contributed by atoms with Crippen LogP contribution in [0.4, 0.5) is 10.1 Å². The highest BCUT2D eigenvalue weighted by Crippen LogP contribution is 2.32. The molecule has 2 atom stereocenters. The quantitative estimate of drug-likeness (QED) is 0.830. The highest BCUT2D eigenvalue weighted by atomic mass is 19.1. The Hall–Kier alpha value is -1.94. The van der Waals surface area contributed by atoms with E-state index in [-0.39, 0.29) is 5.69 Å². The van der Waals surface area contributed by atoms with Crippen LogP contribution in [-0.2, 0) is 4.79 Å². The molecule has 1 aliphatic rings. The normalized spacial score (nSPS) is 23.1. The summed E-state index contributed by atoms with van der Waals surface area (Å²) >= 11 is 0. The van der Waals surface area contributed by atoms with Gasteiger partial charge in [-0.15, -0.1) is 0 Å². The predicted molar refractivity (Wildman–Crippen MR) is 76.7 cm³/mol. The number of amides is 1. The van der Waals surface area contributed by atoms with Gasteiger partial charge in [0, 0.05) is 0 Å². The Balaban J connectivity index is 2.20. The second-order valence-corrected chi connectivity index (χ2v) is 4.90. The monoisotopic (exact) mass is 275 g/mol. The summed E-state index contributed by atoms with van der Waals surface area (Å²) in [5.41, 5.74) is -1.07. The number of halogens is 1. The molecule has 1 aliphatic carbocycles. The van der Waals surface area contributed by atoms with Crippen molar-refractivity contribution in [2.24, 2.45) is 5.92 Å². The third kappa shape index (κ3) is 2.96. The Kier molecular flexibility index (Phi) is 4.35. The summed E-state index contributed by atoms with van der Waals surface area (Å²) in [6.07, 6.45) is 8.09. The number of carbonyl (C=O) groups excluding carboxylic acids is 1. The first-order chi connectivity index (χ1) is 9.57. The first-order valence-corrected chi connectivity index (χ1v) is 6.65. The molecule has 0 fully saturated rings. The number of allylic oxidation sites excluding steroid dienone is 2. The van der Waals surface area contributed by atoms with Gasteiger partial charge in [-0.05, 0) is 31.9 Å². The first-order valence-electron chi connectivity index (χ1n) is 6.65. The van der Waals surface area contributed by atoms with Crippen LogP contribution in [0.3, 0.4) is 0 Å². The molecule has 1 aromatic carbocycles. The molecule has 0 aromatic heterocycles. The SMILES string of the molecule is C/C=C/C(C(=O)Nc1ccccc1F)C1(O)C=CCC1. The van der Waals surface area contributed by atoms with E-state index >= 15 is 0 Å². The van der Waals surface area contributed by atoms with Crippen molar-refractivity contribution in [3.8, 4) is 0 Å². The van der Waals surface area contributed by atoms with E-state index in [1.165, 1.54) is 12.1 Å². The molecule has 106 valence electrons. The molecule has 20 heavy (non-hydrogen) atoms. The van der Waals surface area contributed by atoms with Crippen molar-refractivity contribution >= 4 is 11.6 Å². The number of anilines is 1. The largest absolute Gasteiger partial charge is 0.385 e. The molecule has 0 aliphatic heterocycles. The van der Waals surface area contributed by atoms with E-state index in [1.54, 1.807) is 37.3 Å². The van der Waals surface area contributed by atoms with Crippen LogP contribution >= 0.6 is 0 Å². The summed E-state index contributed by atoms with van der Waals surface area (Å²) in [4.78, 5) is 12.3. The standard InChI is InChI=1S/C16H18FNO2/c1-2-7-12(16(20)10-5-6-11-16)15(19)18-14-9-4-3-8-13(14)17/h2-5,7-10,12,20H,6,11H2,1H3,(H,18,19)/b7-2+. The van der Waals surface area contributed by atoms with Crippen molar-refractivity contribution in [3.63, 3.8) is 0 Å². The van der Waals surface area contributed by atoms with Gasteiger partial charge < -0.3 is 10.4 Å². The average Bonchev–Trinajstić information content (AvgIpc) is 2.86. The van der Waals surface area contributed by atoms with Crippen LogP contribution in [0.25, 0.3) is 0 Å². The summed E-state index contributed by atoms with van der Waals surface area (Å²) in [6.45, 7) is 1.78. The molecule has 0 saturated carbocycles. The highest BCUT2D eigenvalue weighted by Gasteiger charge is 2.39. The number of hydrogen-bond donors (Lipinski definition) is 2. The van der Waals surface area contributed by atoms with Gasteiger partial charge in [0.15, 0.2) is 0 Å². The second-order valence-electron chi connectivity index (χ2n) is 4.90. The smallest absolute Gasteiger partial charge is 0.234 e. The van der Waals surface area contributed by atoms with Crippen LogP contribution in [0, 0.1) is 11.7 Å². The molecule has 0 spiro atoms. The molecule has 1 amide bonds. The highest BCUT2D eigenvalue weighted by molar-refractivity contribution is 5.94. The van der Waals surface area contributed by atoms with Crippen molar-refractivity contribution < 1.29 is 14.3 Å². The van der Waals surface area contributed by atoms with Crippen LogP contribution in [-0.4, -0.2) is 16.6 Å². The maximum atomic E-state index is 13.6. The van der Waals surface area contributed by atoms with E-state index in [2.05, 4.69) is 5.32 Å². The fraction of sp³-hybridized carbons (Fsp3) is 0.312. The third-order valence-electron chi connectivity index (χ3n) is 3.46. The number of para-hydroxylation sites is 1. The number of aliphatic hydroxyl groups is 1. The topological polar surface area (TPSA) is 49.3 Å². The molecule has 2 N–H and O–H groups in total. The minimum atomic E-state index is -1.19. The number of rotatable bonds is 4. The van der Waals surface area contributed by atoms with Gasteiger partial charge in [0.2, 0.25) is 5.91 Å². The molecule has 1 aromatic rings. The van der Waals surface area contributed by atoms with E-state index in [9.17, 15) is 14.3 Å². The van der Waals surface area contributed by atoms with Gasteiger partial charge in [-0.25, -0.2) is 4.39 Å². The first kappa shape index (κ1) is 14.5. The molecule has 3 nitrogen and oxygen atoms in total. The minimum absolute atomic E-state index is 0.123. The summed E-state index contributed by atoms with van der Waals surface area (Å²) in [5.74, 6) is -1.64. The Labute approximate surface area is 117 Å². The predicted octanol–water partition coefficient (Wildman–Crippen LogP) is 3.04. The lowest BCUT2D eigenvalue weighted by atomic mass is 9.85. The zero-order valence-corrected chi connectivity index (χ0v) is 11.3. The molecular weight excluding hydrogens is 257 g/mol. The molecule has 2 unspecified atom stereocenters. The van der Waals surface area contributed by atoms with Crippen molar-refractivity contribution in [1.29, 1.82) is 0 Å². The van der Waals surface area contributed by atoms with Gasteiger partial charge in [0.05, 0.1) is 17.2 Å². The van der Waals surface area contributed by atoms with Gasteiger partial charge in [0.25, 0.3) is 0 Å². The molecule has 0 saturated heterocycles. The van der Waals surface area contributed by atoms with Crippen molar-refractivity contribution in [2.45, 2.75) is 25.4 Å². The lowest BCUT2D eigenvalue weighted by Gasteiger charge is -2.28. The fourth-order valence-corrected chi connectivity index (χ4v) is 2.39. The van der Waals surface area contributed by atoms with Crippen molar-refractivity contribution in [2.75, 3.05) is 5.32 Å². The van der Waals surface area contributed by atoms with E-state index < -0.39 is 23.2 Å². The van der Waals surface area contributed by atoms with E-state index in [4.69, 9.17) is 0 Å². The maximum absolute atomic E-state index is 13.6. The fourth-order valence-electron chi connectivity index (χ4n) is 2.39. The van der Waals surface area contributed by atoms with Crippen LogP contribution in [0.15, 0.2) is 48.6 Å². The molecular formula is C16H18FNO2. The van der Waals surface area contributed by atoms with Crippen LogP contribution < -0.4 is 5.32 Å². The van der Waals surface area contributed by atoms with Crippen molar-refractivity contribution in [1.82, 2.24) is 0 Å². The van der Waals surface area contributed by atoms with Crippen LogP contribution in [0.1, 0.15) is 19.8 Å². The zero-order chi connectivity index (χ0) is 14.6. The lowest BCUT2D eigenvalue weighted by Crippen LogP contribution is -2.40. The van der Waals surface area contributed by atoms with E-state index in [0.717, 1.165) is 6.42 Å². The Bertz CT molecular complexity index is 553. The van der Waals surface area contributed by atoms with Gasteiger partial charge >= 0.3 is 0 Å². The molecule has 0 radical (unpaired) electrons. The van der Waals surface area contributed by atoms with Gasteiger partial charge in [-0.2, -0.15) is 0 Å². The maximum Gasteiger partial charge on any atom is 0.234 e. The van der Waals surface area contributed by atoms with Gasteiger partial charge in [-0.3, -0.25) is 4.79 Å². The average molecular weight is 275 g/mol. The van der Waals surface area contributed by atoms with Gasteiger partial charge in [-0.1, -0.05) is 36.4 Å². The second kappa shape index (κ2) is 6.01. The number of benzene rings is 1.